The third-order valence-corrected chi connectivity index (χ3v) is 6.72. The third-order valence-electron chi connectivity index (χ3n) is 6.72. The fourth-order valence-electron chi connectivity index (χ4n) is 4.64. The highest BCUT2D eigenvalue weighted by molar-refractivity contribution is 5.94. The van der Waals surface area contributed by atoms with E-state index in [1.807, 2.05) is 35.2 Å². The van der Waals surface area contributed by atoms with Crippen LogP contribution in [0, 0.1) is 5.92 Å². The van der Waals surface area contributed by atoms with Gasteiger partial charge in [-0.1, -0.05) is 24.6 Å². The smallest absolute Gasteiger partial charge is 0.254 e. The molecule has 3 aromatic rings. The Hall–Kier alpha value is -3.16. The first-order chi connectivity index (χ1) is 16.2. The van der Waals surface area contributed by atoms with E-state index in [-0.39, 0.29) is 11.9 Å². The summed E-state index contributed by atoms with van der Waals surface area (Å²) in [6.07, 6.45) is 5.82. The SMILES string of the molecule is CC1CN(CC2CCC2)CCN1C(=O)c1ccc(ONOc2cccc3cccnc23)cc1. The minimum atomic E-state index is 0.0726. The van der Waals surface area contributed by atoms with Crippen LogP contribution in [0.5, 0.6) is 11.5 Å². The normalized spacial score (nSPS) is 19.3. The van der Waals surface area contributed by atoms with E-state index >= 15 is 0 Å². The number of amides is 1. The molecule has 5 rings (SSSR count). The van der Waals surface area contributed by atoms with E-state index < -0.39 is 0 Å². The van der Waals surface area contributed by atoms with Crippen molar-refractivity contribution in [1.82, 2.24) is 20.4 Å². The lowest BCUT2D eigenvalue weighted by atomic mass is 9.85. The number of hydrogen-bond acceptors (Lipinski definition) is 6. The Morgan fingerprint density at radius 3 is 2.64 bits per heavy atom. The number of para-hydroxylation sites is 1. The van der Waals surface area contributed by atoms with Crippen molar-refractivity contribution in [3.8, 4) is 11.5 Å². The molecule has 2 aromatic carbocycles. The second kappa shape index (κ2) is 9.77. The fraction of sp³-hybridized carbons (Fsp3) is 0.385. The predicted molar refractivity (Wildman–Crippen MR) is 127 cm³/mol. The molecule has 7 nitrogen and oxygen atoms in total. The van der Waals surface area contributed by atoms with E-state index in [2.05, 4.69) is 22.5 Å². The van der Waals surface area contributed by atoms with Crippen LogP contribution in [0.4, 0.5) is 0 Å². The second-order valence-electron chi connectivity index (χ2n) is 9.05. The molecule has 1 saturated heterocycles. The molecule has 1 amide bonds. The maximum atomic E-state index is 13.1. The molecule has 2 heterocycles. The van der Waals surface area contributed by atoms with E-state index in [1.54, 1.807) is 30.5 Å². The Morgan fingerprint density at radius 1 is 1.06 bits per heavy atom. The average Bonchev–Trinajstić information content (AvgIpc) is 2.82. The standard InChI is InChI=1S/C26H30N4O3/c1-19-17-29(18-20-5-2-6-20)15-16-30(19)26(31)22-10-12-23(13-11-22)32-28-33-24-9-3-7-21-8-4-14-27-25(21)24/h3-4,7-14,19-20,28H,2,5-6,15-18H2,1H3. The van der Waals surface area contributed by atoms with Gasteiger partial charge in [-0.25, -0.2) is 0 Å². The van der Waals surface area contributed by atoms with Crippen LogP contribution in [-0.2, 0) is 0 Å². The van der Waals surface area contributed by atoms with Gasteiger partial charge in [-0.3, -0.25) is 14.7 Å². The third kappa shape index (κ3) is 4.94. The van der Waals surface area contributed by atoms with Gasteiger partial charge in [-0.2, -0.15) is 0 Å². The quantitative estimate of drug-likeness (QED) is 0.552. The summed E-state index contributed by atoms with van der Waals surface area (Å²) in [4.78, 5) is 33.0. The van der Waals surface area contributed by atoms with Crippen molar-refractivity contribution in [3.05, 3.63) is 66.4 Å². The van der Waals surface area contributed by atoms with E-state index in [4.69, 9.17) is 9.68 Å². The van der Waals surface area contributed by atoms with Crippen molar-refractivity contribution in [2.45, 2.75) is 32.2 Å². The molecule has 0 spiro atoms. The van der Waals surface area contributed by atoms with Crippen LogP contribution in [0.3, 0.4) is 0 Å². The molecule has 1 aliphatic carbocycles. The van der Waals surface area contributed by atoms with Gasteiger partial charge >= 0.3 is 0 Å². The Bertz CT molecular complexity index is 1090. The van der Waals surface area contributed by atoms with Crippen molar-refractivity contribution >= 4 is 16.8 Å². The van der Waals surface area contributed by atoms with Gasteiger partial charge in [0, 0.05) is 55.0 Å². The van der Waals surface area contributed by atoms with Gasteiger partial charge in [0.2, 0.25) is 0 Å². The first kappa shape index (κ1) is 21.7. The van der Waals surface area contributed by atoms with Gasteiger partial charge in [0.25, 0.3) is 5.91 Å². The molecule has 0 radical (unpaired) electrons. The summed E-state index contributed by atoms with van der Waals surface area (Å²) >= 11 is 0. The minimum Gasteiger partial charge on any atom is -0.374 e. The van der Waals surface area contributed by atoms with Gasteiger partial charge in [-0.15, -0.1) is 0 Å². The first-order valence-electron chi connectivity index (χ1n) is 11.7. The fourth-order valence-corrected chi connectivity index (χ4v) is 4.64. The Balaban J connectivity index is 1.13. The van der Waals surface area contributed by atoms with Crippen LogP contribution >= 0.6 is 0 Å². The number of fused-ring (bicyclic) bond motifs is 1. The summed E-state index contributed by atoms with van der Waals surface area (Å²) in [7, 11) is 0. The molecular weight excluding hydrogens is 416 g/mol. The Labute approximate surface area is 194 Å². The molecule has 7 heteroatoms. The van der Waals surface area contributed by atoms with Crippen LogP contribution in [0.15, 0.2) is 60.8 Å². The molecule has 1 unspecified atom stereocenters. The number of pyridine rings is 1. The summed E-state index contributed by atoms with van der Waals surface area (Å²) < 4.78 is 0. The molecule has 2 aliphatic rings. The Kier molecular flexibility index (Phi) is 6.41. The molecule has 2 fully saturated rings. The van der Waals surface area contributed by atoms with Crippen molar-refractivity contribution in [1.29, 1.82) is 0 Å². The number of nitrogens with one attached hydrogen (secondary N) is 1. The van der Waals surface area contributed by atoms with Gasteiger partial charge in [0.05, 0.1) is 0 Å². The highest BCUT2D eigenvalue weighted by Gasteiger charge is 2.30. The number of nitrogens with zero attached hydrogens (tertiary/aromatic N) is 3. The first-order valence-corrected chi connectivity index (χ1v) is 11.7. The number of benzene rings is 2. The molecule has 0 bridgehead atoms. The lowest BCUT2D eigenvalue weighted by Gasteiger charge is -2.42. The van der Waals surface area contributed by atoms with Crippen molar-refractivity contribution in [3.63, 3.8) is 0 Å². The van der Waals surface area contributed by atoms with Crippen molar-refractivity contribution in [2.75, 3.05) is 26.2 Å². The largest absolute Gasteiger partial charge is 0.374 e. The van der Waals surface area contributed by atoms with E-state index in [0.717, 1.165) is 36.5 Å². The number of aromatic nitrogens is 1. The molecule has 172 valence electrons. The van der Waals surface area contributed by atoms with Crippen molar-refractivity contribution < 1.29 is 14.5 Å². The zero-order valence-electron chi connectivity index (χ0n) is 18.9. The number of carbonyl (C=O) groups is 1. The maximum Gasteiger partial charge on any atom is 0.254 e. The van der Waals surface area contributed by atoms with Crippen LogP contribution in [0.25, 0.3) is 10.9 Å². The lowest BCUT2D eigenvalue weighted by molar-refractivity contribution is -0.0181. The maximum absolute atomic E-state index is 13.1. The van der Waals surface area contributed by atoms with E-state index in [9.17, 15) is 4.79 Å². The van der Waals surface area contributed by atoms with Crippen LogP contribution in [0.1, 0.15) is 36.5 Å². The number of hydrogen-bond donors (Lipinski definition) is 1. The highest BCUT2D eigenvalue weighted by atomic mass is 16.9. The average molecular weight is 447 g/mol. The monoisotopic (exact) mass is 446 g/mol. The summed E-state index contributed by atoms with van der Waals surface area (Å²) in [5.74, 6) is 2.06. The highest BCUT2D eigenvalue weighted by Crippen LogP contribution is 2.28. The molecule has 33 heavy (non-hydrogen) atoms. The molecule has 1 saturated carbocycles. The Morgan fingerprint density at radius 2 is 1.88 bits per heavy atom. The molecule has 1 atom stereocenters. The van der Waals surface area contributed by atoms with Crippen molar-refractivity contribution in [2.24, 2.45) is 5.92 Å². The van der Waals surface area contributed by atoms with Gasteiger partial charge in [0.1, 0.15) is 5.52 Å². The lowest BCUT2D eigenvalue weighted by Crippen LogP contribution is -2.55. The molecule has 1 N–H and O–H groups in total. The summed E-state index contributed by atoms with van der Waals surface area (Å²) in [5, 5.41) is 0.984. The molecule has 1 aromatic heterocycles. The topological polar surface area (TPSA) is 66.9 Å². The van der Waals surface area contributed by atoms with Crippen LogP contribution in [0.2, 0.25) is 0 Å². The van der Waals surface area contributed by atoms with Gasteiger partial charge < -0.3 is 14.6 Å². The number of piperazine rings is 1. The second-order valence-corrected chi connectivity index (χ2v) is 9.05. The van der Waals surface area contributed by atoms with E-state index in [1.165, 1.54) is 25.8 Å². The predicted octanol–water partition coefficient (Wildman–Crippen LogP) is 4.06. The number of rotatable bonds is 7. The number of carbonyl (C=O) groups excluding carboxylic acids is 1. The molecule has 1 aliphatic heterocycles. The van der Waals surface area contributed by atoms with Crippen LogP contribution < -0.4 is 15.3 Å². The zero-order valence-corrected chi connectivity index (χ0v) is 18.9. The zero-order chi connectivity index (χ0) is 22.6. The summed E-state index contributed by atoms with van der Waals surface area (Å²) in [5.41, 5.74) is 3.93. The van der Waals surface area contributed by atoms with Crippen LogP contribution in [-0.4, -0.2) is 52.9 Å². The molecular formula is C26H30N4O3. The van der Waals surface area contributed by atoms with E-state index in [0.29, 0.717) is 17.1 Å². The van der Waals surface area contributed by atoms with Gasteiger partial charge in [-0.05, 0) is 62.1 Å². The summed E-state index contributed by atoms with van der Waals surface area (Å²) in [6, 6.07) is 16.9. The van der Waals surface area contributed by atoms with Gasteiger partial charge in [0.15, 0.2) is 11.5 Å². The minimum absolute atomic E-state index is 0.0726. The summed E-state index contributed by atoms with van der Waals surface area (Å²) in [6.45, 7) is 6.01.